The lowest BCUT2D eigenvalue weighted by molar-refractivity contribution is -0.138. The molecule has 0 aliphatic rings. The molecule has 0 unspecified atom stereocenters. The van der Waals surface area contributed by atoms with E-state index in [4.69, 9.17) is 9.84 Å². The van der Waals surface area contributed by atoms with Crippen LogP contribution in [0.4, 0.5) is 0 Å². The monoisotopic (exact) mass is 200 g/mol. The van der Waals surface area contributed by atoms with Gasteiger partial charge in [0.15, 0.2) is 0 Å². The third kappa shape index (κ3) is 6.22. The molecule has 0 aromatic rings. The van der Waals surface area contributed by atoms with Crippen molar-refractivity contribution in [1.82, 2.24) is 0 Å². The topological polar surface area (TPSA) is 63.6 Å². The molecule has 4 heteroatoms. The van der Waals surface area contributed by atoms with Crippen molar-refractivity contribution in [2.75, 3.05) is 6.61 Å². The van der Waals surface area contributed by atoms with Gasteiger partial charge < -0.3 is 9.84 Å². The molecule has 0 bridgehead atoms. The highest BCUT2D eigenvalue weighted by Gasteiger charge is 2.03. The second kappa shape index (κ2) is 7.12. The molecule has 4 nitrogen and oxygen atoms in total. The van der Waals surface area contributed by atoms with Crippen molar-refractivity contribution in [3.63, 3.8) is 0 Å². The molecule has 80 valence electrons. The Hall–Kier alpha value is -1.32. The van der Waals surface area contributed by atoms with Gasteiger partial charge in [-0.05, 0) is 19.8 Å². The lowest BCUT2D eigenvalue weighted by Gasteiger charge is -2.02. The van der Waals surface area contributed by atoms with Gasteiger partial charge in [-0.1, -0.05) is 12.5 Å². The quantitative estimate of drug-likeness (QED) is 0.524. The average molecular weight is 200 g/mol. The molecule has 0 heterocycles. The molecule has 0 aliphatic carbocycles. The number of hydrogen-bond donors (Lipinski definition) is 1. The number of aliphatic carboxylic acids is 1. The van der Waals surface area contributed by atoms with Gasteiger partial charge in [-0.2, -0.15) is 0 Å². The Kier molecular flexibility index (Phi) is 6.45. The van der Waals surface area contributed by atoms with E-state index in [-0.39, 0.29) is 6.42 Å². The molecule has 14 heavy (non-hydrogen) atoms. The van der Waals surface area contributed by atoms with Crippen LogP contribution in [0.1, 0.15) is 33.1 Å². The second-order valence-corrected chi connectivity index (χ2v) is 2.80. The van der Waals surface area contributed by atoms with Crippen LogP contribution in [0.2, 0.25) is 0 Å². The van der Waals surface area contributed by atoms with Crippen molar-refractivity contribution < 1.29 is 19.4 Å². The number of hydrogen-bond acceptors (Lipinski definition) is 3. The van der Waals surface area contributed by atoms with E-state index >= 15 is 0 Å². The summed E-state index contributed by atoms with van der Waals surface area (Å²) in [5.41, 5.74) is 0.811. The summed E-state index contributed by atoms with van der Waals surface area (Å²) < 4.78 is 4.72. The summed E-state index contributed by atoms with van der Waals surface area (Å²) in [6.07, 6.45) is 2.52. The van der Waals surface area contributed by atoms with Gasteiger partial charge in [0.1, 0.15) is 0 Å². The van der Waals surface area contributed by atoms with E-state index < -0.39 is 11.9 Å². The van der Waals surface area contributed by atoms with Gasteiger partial charge in [0.05, 0.1) is 6.61 Å². The van der Waals surface area contributed by atoms with Crippen LogP contribution < -0.4 is 0 Å². The maximum absolute atomic E-state index is 11.0. The van der Waals surface area contributed by atoms with E-state index in [1.807, 2.05) is 6.92 Å². The first-order valence-electron chi connectivity index (χ1n) is 4.68. The van der Waals surface area contributed by atoms with Gasteiger partial charge in [-0.3, -0.25) is 4.79 Å². The largest absolute Gasteiger partial charge is 0.481 e. The van der Waals surface area contributed by atoms with Crippen molar-refractivity contribution in [3.8, 4) is 0 Å². The number of allylic oxidation sites excluding steroid dienone is 1. The highest BCUT2D eigenvalue weighted by Crippen LogP contribution is 2.09. The van der Waals surface area contributed by atoms with Gasteiger partial charge in [-0.25, -0.2) is 4.79 Å². The highest BCUT2D eigenvalue weighted by atomic mass is 16.5. The van der Waals surface area contributed by atoms with Crippen LogP contribution in [0.3, 0.4) is 0 Å². The van der Waals surface area contributed by atoms with Crippen molar-refractivity contribution in [3.05, 3.63) is 11.6 Å². The van der Waals surface area contributed by atoms with Crippen LogP contribution in [-0.4, -0.2) is 23.7 Å². The third-order valence-electron chi connectivity index (χ3n) is 1.72. The Labute approximate surface area is 83.6 Å². The first kappa shape index (κ1) is 12.7. The minimum Gasteiger partial charge on any atom is -0.481 e. The van der Waals surface area contributed by atoms with Gasteiger partial charge in [0.2, 0.25) is 0 Å². The zero-order valence-electron chi connectivity index (χ0n) is 8.58. The Balaban J connectivity index is 4.10. The number of carbonyl (C=O) groups is 2. The molecule has 0 saturated carbocycles. The number of carboxylic acids is 1. The molecule has 0 saturated heterocycles. The predicted octanol–water partition coefficient (Wildman–Crippen LogP) is 1.75. The summed E-state index contributed by atoms with van der Waals surface area (Å²) >= 11 is 0. The van der Waals surface area contributed by atoms with Gasteiger partial charge in [0, 0.05) is 12.5 Å². The molecule has 0 fully saturated rings. The fraction of sp³-hybridized carbons (Fsp3) is 0.600. The van der Waals surface area contributed by atoms with E-state index in [0.717, 1.165) is 5.57 Å². The number of carbonyl (C=O) groups excluding carboxylic acids is 1. The van der Waals surface area contributed by atoms with Crippen LogP contribution in [-0.2, 0) is 14.3 Å². The van der Waals surface area contributed by atoms with E-state index in [1.165, 1.54) is 6.08 Å². The summed E-state index contributed by atoms with van der Waals surface area (Å²) in [6.45, 7) is 3.95. The van der Waals surface area contributed by atoms with E-state index in [9.17, 15) is 9.59 Å². The molecule has 0 rings (SSSR count). The fourth-order valence-corrected chi connectivity index (χ4v) is 0.969. The number of rotatable bonds is 6. The fourth-order valence-electron chi connectivity index (χ4n) is 0.969. The SMILES string of the molecule is CCOC(=O)/C=C(/CC)CCC(=O)O. The van der Waals surface area contributed by atoms with Crippen LogP contribution >= 0.6 is 0 Å². The zero-order chi connectivity index (χ0) is 11.0. The molecular formula is C10H16O4. The lowest BCUT2D eigenvalue weighted by atomic mass is 10.1. The van der Waals surface area contributed by atoms with Gasteiger partial charge >= 0.3 is 11.9 Å². The van der Waals surface area contributed by atoms with Crippen LogP contribution in [0, 0.1) is 0 Å². The van der Waals surface area contributed by atoms with Gasteiger partial charge in [-0.15, -0.1) is 0 Å². The molecule has 0 spiro atoms. The van der Waals surface area contributed by atoms with Crippen molar-refractivity contribution in [2.24, 2.45) is 0 Å². The van der Waals surface area contributed by atoms with Crippen LogP contribution in [0.15, 0.2) is 11.6 Å². The highest BCUT2D eigenvalue weighted by molar-refractivity contribution is 5.82. The normalized spacial score (nSPS) is 11.1. The van der Waals surface area contributed by atoms with Crippen molar-refractivity contribution >= 4 is 11.9 Å². The molecule has 0 aromatic heterocycles. The molecule has 0 aromatic carbocycles. The number of esters is 1. The first-order chi connectivity index (χ1) is 6.60. The predicted molar refractivity (Wildman–Crippen MR) is 51.9 cm³/mol. The second-order valence-electron chi connectivity index (χ2n) is 2.80. The maximum Gasteiger partial charge on any atom is 0.330 e. The molecule has 0 amide bonds. The third-order valence-corrected chi connectivity index (χ3v) is 1.72. The Morgan fingerprint density at radius 2 is 1.93 bits per heavy atom. The van der Waals surface area contributed by atoms with Crippen LogP contribution in [0.5, 0.6) is 0 Å². The molecular weight excluding hydrogens is 184 g/mol. The summed E-state index contributed by atoms with van der Waals surface area (Å²) in [7, 11) is 0. The Morgan fingerprint density at radius 1 is 1.29 bits per heavy atom. The lowest BCUT2D eigenvalue weighted by Crippen LogP contribution is -2.02. The standard InChI is InChI=1S/C10H16O4/c1-3-8(5-6-9(11)12)7-10(13)14-4-2/h7H,3-6H2,1-2H3,(H,11,12)/b8-7-. The van der Waals surface area contributed by atoms with E-state index in [0.29, 0.717) is 19.4 Å². The van der Waals surface area contributed by atoms with Crippen molar-refractivity contribution in [2.45, 2.75) is 33.1 Å². The minimum absolute atomic E-state index is 0.0546. The van der Waals surface area contributed by atoms with E-state index in [2.05, 4.69) is 0 Å². The first-order valence-corrected chi connectivity index (χ1v) is 4.68. The summed E-state index contributed by atoms with van der Waals surface area (Å²) in [5, 5.41) is 8.45. The zero-order valence-corrected chi connectivity index (χ0v) is 8.58. The average Bonchev–Trinajstić information content (AvgIpc) is 2.12. The summed E-state index contributed by atoms with van der Waals surface area (Å²) in [4.78, 5) is 21.3. The van der Waals surface area contributed by atoms with Crippen molar-refractivity contribution in [1.29, 1.82) is 0 Å². The summed E-state index contributed by atoms with van der Waals surface area (Å²) in [6, 6.07) is 0. The maximum atomic E-state index is 11.0. The van der Waals surface area contributed by atoms with E-state index in [1.54, 1.807) is 6.92 Å². The van der Waals surface area contributed by atoms with Crippen LogP contribution in [0.25, 0.3) is 0 Å². The molecule has 0 atom stereocenters. The smallest absolute Gasteiger partial charge is 0.330 e. The molecule has 0 aliphatic heterocycles. The Morgan fingerprint density at radius 3 is 2.36 bits per heavy atom. The van der Waals surface area contributed by atoms with Gasteiger partial charge in [0.25, 0.3) is 0 Å². The molecule has 1 N–H and O–H groups in total. The number of carboxylic acid groups (broad SMARTS) is 1. The summed E-state index contributed by atoms with van der Waals surface area (Å²) in [5.74, 6) is -1.25. The molecule has 0 radical (unpaired) electrons. The number of ether oxygens (including phenoxy) is 1. The minimum atomic E-state index is -0.854. The Bertz CT molecular complexity index is 230.